The van der Waals surface area contributed by atoms with E-state index >= 15 is 0 Å². The Morgan fingerprint density at radius 2 is 2.05 bits per heavy atom. The summed E-state index contributed by atoms with van der Waals surface area (Å²) in [6, 6.07) is 3.23. The molecule has 1 unspecified atom stereocenters. The van der Waals surface area contributed by atoms with Gasteiger partial charge in [0.2, 0.25) is 0 Å². The van der Waals surface area contributed by atoms with Gasteiger partial charge in [0.25, 0.3) is 0 Å². The van der Waals surface area contributed by atoms with Gasteiger partial charge in [-0.3, -0.25) is 9.59 Å². The second-order valence-corrected chi connectivity index (χ2v) is 5.38. The topological polar surface area (TPSA) is 67.5 Å². The zero-order valence-corrected chi connectivity index (χ0v) is 11.0. The van der Waals surface area contributed by atoms with Crippen LogP contribution in [0.2, 0.25) is 0 Å². The van der Waals surface area contributed by atoms with Crippen LogP contribution in [0.1, 0.15) is 55.5 Å². The zero-order chi connectivity index (χ0) is 13.7. The van der Waals surface area contributed by atoms with E-state index in [2.05, 4.69) is 0 Å². The minimum atomic E-state index is -0.870. The van der Waals surface area contributed by atoms with E-state index in [4.69, 9.17) is 4.42 Å². The molecule has 4 heteroatoms. The van der Waals surface area contributed by atoms with Gasteiger partial charge < -0.3 is 9.52 Å². The molecule has 1 aromatic rings. The molecule has 1 aliphatic carbocycles. The number of carbonyl (C=O) groups is 2. The fourth-order valence-electron chi connectivity index (χ4n) is 2.86. The number of carboxylic acids is 1. The Hall–Kier alpha value is -1.58. The van der Waals surface area contributed by atoms with Gasteiger partial charge in [-0.1, -0.05) is 32.1 Å². The number of rotatable bonds is 6. The summed E-state index contributed by atoms with van der Waals surface area (Å²) in [7, 11) is 0. The van der Waals surface area contributed by atoms with Crippen LogP contribution in [0.4, 0.5) is 0 Å². The largest absolute Gasteiger partial charge is 0.481 e. The molecule has 1 N–H and O–H groups in total. The average Bonchev–Trinajstić information content (AvgIpc) is 2.93. The lowest BCUT2D eigenvalue weighted by atomic mass is 9.81. The maximum atomic E-state index is 11.9. The van der Waals surface area contributed by atoms with E-state index in [1.165, 1.54) is 25.5 Å². The van der Waals surface area contributed by atoms with Gasteiger partial charge in [-0.15, -0.1) is 0 Å². The first-order chi connectivity index (χ1) is 9.16. The Bertz CT molecular complexity index is 415. The van der Waals surface area contributed by atoms with Gasteiger partial charge in [-0.2, -0.15) is 0 Å². The number of hydrogen-bond donors (Lipinski definition) is 1. The Labute approximate surface area is 112 Å². The highest BCUT2D eigenvalue weighted by Crippen LogP contribution is 2.30. The third kappa shape index (κ3) is 3.94. The molecule has 0 spiro atoms. The van der Waals surface area contributed by atoms with Crippen LogP contribution in [-0.4, -0.2) is 16.9 Å². The van der Waals surface area contributed by atoms with E-state index in [0.29, 0.717) is 12.3 Å². The lowest BCUT2D eigenvalue weighted by Gasteiger charge is -2.24. The molecule has 0 amide bonds. The minimum absolute atomic E-state index is 0.0410. The summed E-state index contributed by atoms with van der Waals surface area (Å²) >= 11 is 0. The van der Waals surface area contributed by atoms with E-state index < -0.39 is 11.9 Å². The van der Waals surface area contributed by atoms with Crippen molar-refractivity contribution in [2.75, 3.05) is 0 Å². The lowest BCUT2D eigenvalue weighted by Crippen LogP contribution is -2.22. The van der Waals surface area contributed by atoms with E-state index in [9.17, 15) is 14.7 Å². The van der Waals surface area contributed by atoms with Crippen LogP contribution in [0.3, 0.4) is 0 Å². The SMILES string of the molecule is O=C(CC(CC1CCCCC1)C(=O)O)c1ccco1. The molecule has 1 aromatic heterocycles. The van der Waals surface area contributed by atoms with Crippen molar-refractivity contribution in [3.05, 3.63) is 24.2 Å². The van der Waals surface area contributed by atoms with Gasteiger partial charge in [0.1, 0.15) is 0 Å². The average molecular weight is 264 g/mol. The summed E-state index contributed by atoms with van der Waals surface area (Å²) < 4.78 is 5.02. The van der Waals surface area contributed by atoms with Crippen LogP contribution in [-0.2, 0) is 4.79 Å². The molecule has 1 fully saturated rings. The number of aliphatic carboxylic acids is 1. The minimum Gasteiger partial charge on any atom is -0.481 e. The van der Waals surface area contributed by atoms with Crippen molar-refractivity contribution in [2.24, 2.45) is 11.8 Å². The Morgan fingerprint density at radius 3 is 2.63 bits per heavy atom. The number of Topliss-reactive ketones (excluding diaryl/α,β-unsaturated/α-hetero) is 1. The van der Waals surface area contributed by atoms with Gasteiger partial charge in [0, 0.05) is 6.42 Å². The second-order valence-electron chi connectivity index (χ2n) is 5.38. The molecule has 0 aromatic carbocycles. The predicted molar refractivity (Wildman–Crippen MR) is 70.0 cm³/mol. The fraction of sp³-hybridized carbons (Fsp3) is 0.600. The third-order valence-electron chi connectivity index (χ3n) is 3.92. The second kappa shape index (κ2) is 6.55. The summed E-state index contributed by atoms with van der Waals surface area (Å²) in [5.74, 6) is -0.950. The molecule has 1 saturated carbocycles. The molecule has 1 heterocycles. The Balaban J connectivity index is 1.92. The summed E-state index contributed by atoms with van der Waals surface area (Å²) in [5.41, 5.74) is 0. The van der Waals surface area contributed by atoms with Crippen molar-refractivity contribution < 1.29 is 19.1 Å². The molecular weight excluding hydrogens is 244 g/mol. The van der Waals surface area contributed by atoms with Crippen molar-refractivity contribution >= 4 is 11.8 Å². The van der Waals surface area contributed by atoms with E-state index in [1.54, 1.807) is 12.1 Å². The fourth-order valence-corrected chi connectivity index (χ4v) is 2.86. The maximum absolute atomic E-state index is 11.9. The Morgan fingerprint density at radius 1 is 1.32 bits per heavy atom. The summed E-state index contributed by atoms with van der Waals surface area (Å²) in [5, 5.41) is 9.27. The molecule has 0 radical (unpaired) electrons. The molecule has 0 bridgehead atoms. The van der Waals surface area contributed by atoms with E-state index in [1.807, 2.05) is 0 Å². The highest BCUT2D eigenvalue weighted by Gasteiger charge is 2.27. The van der Waals surface area contributed by atoms with Crippen LogP contribution in [0, 0.1) is 11.8 Å². The molecule has 104 valence electrons. The van der Waals surface area contributed by atoms with Gasteiger partial charge in [0.15, 0.2) is 11.5 Å². The van der Waals surface area contributed by atoms with Gasteiger partial charge >= 0.3 is 5.97 Å². The normalized spacial score (nSPS) is 18.1. The number of furan rings is 1. The van der Waals surface area contributed by atoms with Gasteiger partial charge in [-0.05, 0) is 24.5 Å². The zero-order valence-electron chi connectivity index (χ0n) is 11.0. The standard InChI is InChI=1S/C15H20O4/c16-13(14-7-4-8-19-14)10-12(15(17)18)9-11-5-2-1-3-6-11/h4,7-8,11-12H,1-3,5-6,9-10H2,(H,17,18). The number of carbonyl (C=O) groups excluding carboxylic acids is 1. The highest BCUT2D eigenvalue weighted by atomic mass is 16.4. The first-order valence-electron chi connectivity index (χ1n) is 6.96. The summed E-state index contributed by atoms with van der Waals surface area (Å²) in [6.07, 6.45) is 7.90. The maximum Gasteiger partial charge on any atom is 0.306 e. The molecule has 4 nitrogen and oxygen atoms in total. The molecular formula is C15H20O4. The molecule has 0 aliphatic heterocycles. The molecule has 2 rings (SSSR count). The number of hydrogen-bond acceptors (Lipinski definition) is 3. The molecule has 19 heavy (non-hydrogen) atoms. The first kappa shape index (κ1) is 13.8. The third-order valence-corrected chi connectivity index (χ3v) is 3.92. The Kier molecular flexibility index (Phi) is 4.77. The molecule has 1 aliphatic rings. The van der Waals surface area contributed by atoms with Crippen LogP contribution in [0.5, 0.6) is 0 Å². The smallest absolute Gasteiger partial charge is 0.306 e. The summed E-state index contributed by atoms with van der Waals surface area (Å²) in [6.45, 7) is 0. The van der Waals surface area contributed by atoms with Crippen molar-refractivity contribution in [1.82, 2.24) is 0 Å². The lowest BCUT2D eigenvalue weighted by molar-refractivity contribution is -0.142. The first-order valence-corrected chi connectivity index (χ1v) is 6.96. The highest BCUT2D eigenvalue weighted by molar-refractivity contribution is 5.95. The van der Waals surface area contributed by atoms with Crippen molar-refractivity contribution in [1.29, 1.82) is 0 Å². The summed E-state index contributed by atoms with van der Waals surface area (Å²) in [4.78, 5) is 23.2. The van der Waals surface area contributed by atoms with Crippen molar-refractivity contribution in [3.63, 3.8) is 0 Å². The van der Waals surface area contributed by atoms with Gasteiger partial charge in [0.05, 0.1) is 12.2 Å². The van der Waals surface area contributed by atoms with Crippen molar-refractivity contribution in [2.45, 2.75) is 44.9 Å². The van der Waals surface area contributed by atoms with Crippen LogP contribution in [0.15, 0.2) is 22.8 Å². The molecule has 1 atom stereocenters. The number of carboxylic acid groups (broad SMARTS) is 1. The van der Waals surface area contributed by atoms with Crippen LogP contribution >= 0.6 is 0 Å². The van der Waals surface area contributed by atoms with Gasteiger partial charge in [-0.25, -0.2) is 0 Å². The quantitative estimate of drug-likeness (QED) is 0.798. The van der Waals surface area contributed by atoms with E-state index in [-0.39, 0.29) is 18.0 Å². The molecule has 0 saturated heterocycles. The monoisotopic (exact) mass is 264 g/mol. The number of ketones is 1. The predicted octanol–water partition coefficient (Wildman–Crippen LogP) is 3.52. The van der Waals surface area contributed by atoms with Crippen LogP contribution in [0.25, 0.3) is 0 Å². The van der Waals surface area contributed by atoms with E-state index in [0.717, 1.165) is 12.8 Å². The van der Waals surface area contributed by atoms with Crippen molar-refractivity contribution in [3.8, 4) is 0 Å². The van der Waals surface area contributed by atoms with Crippen LogP contribution < -0.4 is 0 Å².